The zero-order valence-electron chi connectivity index (χ0n) is 10.3. The molecule has 0 bridgehead atoms. The fourth-order valence-corrected chi connectivity index (χ4v) is 1.74. The minimum Gasteiger partial charge on any atom is -0.399 e. The zero-order valence-corrected chi connectivity index (χ0v) is 10.3. The lowest BCUT2D eigenvalue weighted by Crippen LogP contribution is -2.03. The Labute approximate surface area is 104 Å². The normalized spacial score (nSPS) is 11.4. The molecule has 0 aliphatic rings. The third kappa shape index (κ3) is 2.34. The van der Waals surface area contributed by atoms with E-state index in [4.69, 9.17) is 5.73 Å². The predicted octanol–water partition coefficient (Wildman–Crippen LogP) is 3.52. The molecular weight excluding hydrogens is 236 g/mol. The Morgan fingerprint density at radius 2 is 1.94 bits per heavy atom. The van der Waals surface area contributed by atoms with Gasteiger partial charge in [-0.1, -0.05) is 13.8 Å². The molecule has 0 atom stereocenters. The maximum atomic E-state index is 13.0. The minimum atomic E-state index is -2.57. The highest BCUT2D eigenvalue weighted by Gasteiger charge is 2.16. The Bertz CT molecular complexity index is 547. The van der Waals surface area contributed by atoms with E-state index in [-0.39, 0.29) is 11.5 Å². The van der Waals surface area contributed by atoms with E-state index in [1.165, 1.54) is 10.7 Å². The third-order valence-corrected chi connectivity index (χ3v) is 2.73. The van der Waals surface area contributed by atoms with Crippen LogP contribution in [0.2, 0.25) is 0 Å². The third-order valence-electron chi connectivity index (χ3n) is 2.73. The molecule has 0 radical (unpaired) electrons. The SMILES string of the molecule is CC(C)c1ccn(-c2ccc(N)cc2C(F)F)n1. The summed E-state index contributed by atoms with van der Waals surface area (Å²) in [5.41, 5.74) is 6.99. The number of rotatable bonds is 3. The molecule has 1 aromatic carbocycles. The van der Waals surface area contributed by atoms with Crippen LogP contribution in [0.5, 0.6) is 0 Å². The number of nitrogen functional groups attached to an aromatic ring is 1. The standard InChI is InChI=1S/C13H15F2N3/c1-8(2)11-5-6-18(17-11)12-4-3-9(16)7-10(12)13(14)15/h3-8,13H,16H2,1-2H3. The molecule has 2 aromatic rings. The monoisotopic (exact) mass is 251 g/mol. The second-order valence-corrected chi connectivity index (χ2v) is 4.46. The van der Waals surface area contributed by atoms with Gasteiger partial charge in [-0.3, -0.25) is 0 Å². The van der Waals surface area contributed by atoms with E-state index < -0.39 is 6.43 Å². The van der Waals surface area contributed by atoms with Crippen LogP contribution in [-0.4, -0.2) is 9.78 Å². The minimum absolute atomic E-state index is 0.103. The highest BCUT2D eigenvalue weighted by atomic mass is 19.3. The largest absolute Gasteiger partial charge is 0.399 e. The van der Waals surface area contributed by atoms with E-state index in [0.29, 0.717) is 11.4 Å². The topological polar surface area (TPSA) is 43.8 Å². The molecule has 1 heterocycles. The summed E-state index contributed by atoms with van der Waals surface area (Å²) in [4.78, 5) is 0. The summed E-state index contributed by atoms with van der Waals surface area (Å²) in [6.45, 7) is 4.01. The van der Waals surface area contributed by atoms with Gasteiger partial charge in [-0.15, -0.1) is 0 Å². The quantitative estimate of drug-likeness (QED) is 0.848. The molecule has 0 amide bonds. The lowest BCUT2D eigenvalue weighted by Gasteiger charge is -2.10. The second kappa shape index (κ2) is 4.76. The number of benzene rings is 1. The van der Waals surface area contributed by atoms with Crippen molar-refractivity contribution in [2.45, 2.75) is 26.2 Å². The summed E-state index contributed by atoms with van der Waals surface area (Å²) in [5.74, 6) is 0.259. The fraction of sp³-hybridized carbons (Fsp3) is 0.308. The first kappa shape index (κ1) is 12.5. The van der Waals surface area contributed by atoms with Gasteiger partial charge in [0.15, 0.2) is 0 Å². The summed E-state index contributed by atoms with van der Waals surface area (Å²) >= 11 is 0. The van der Waals surface area contributed by atoms with Gasteiger partial charge in [0.25, 0.3) is 6.43 Å². The molecule has 2 N–H and O–H groups in total. The number of hydrogen-bond acceptors (Lipinski definition) is 2. The van der Waals surface area contributed by atoms with Crippen LogP contribution in [0.25, 0.3) is 5.69 Å². The van der Waals surface area contributed by atoms with Crippen molar-refractivity contribution in [2.75, 3.05) is 5.73 Å². The molecule has 18 heavy (non-hydrogen) atoms. The van der Waals surface area contributed by atoms with Gasteiger partial charge in [-0.2, -0.15) is 5.10 Å². The lowest BCUT2D eigenvalue weighted by molar-refractivity contribution is 0.151. The van der Waals surface area contributed by atoms with Crippen LogP contribution in [-0.2, 0) is 0 Å². The van der Waals surface area contributed by atoms with Crippen LogP contribution in [0.1, 0.15) is 37.4 Å². The van der Waals surface area contributed by atoms with Crippen molar-refractivity contribution in [1.82, 2.24) is 9.78 Å². The molecule has 0 unspecified atom stereocenters. The number of aromatic nitrogens is 2. The fourth-order valence-electron chi connectivity index (χ4n) is 1.74. The van der Waals surface area contributed by atoms with Crippen molar-refractivity contribution in [3.63, 3.8) is 0 Å². The van der Waals surface area contributed by atoms with Gasteiger partial charge in [0.2, 0.25) is 0 Å². The number of alkyl halides is 2. The van der Waals surface area contributed by atoms with Gasteiger partial charge in [0.1, 0.15) is 0 Å². The summed E-state index contributed by atoms with van der Waals surface area (Å²) in [5, 5.41) is 4.30. The summed E-state index contributed by atoms with van der Waals surface area (Å²) in [7, 11) is 0. The number of nitrogens with zero attached hydrogens (tertiary/aromatic N) is 2. The molecule has 0 aliphatic heterocycles. The van der Waals surface area contributed by atoms with Gasteiger partial charge in [0.05, 0.1) is 11.4 Å². The van der Waals surface area contributed by atoms with Crippen LogP contribution in [0.4, 0.5) is 14.5 Å². The van der Waals surface area contributed by atoms with Crippen LogP contribution < -0.4 is 5.73 Å². The van der Waals surface area contributed by atoms with Crippen molar-refractivity contribution >= 4 is 5.69 Å². The molecule has 2 rings (SSSR count). The molecule has 0 saturated carbocycles. The summed E-state index contributed by atoms with van der Waals surface area (Å²) in [6.07, 6.45) is -0.887. The first-order chi connectivity index (χ1) is 8.49. The smallest absolute Gasteiger partial charge is 0.266 e. The van der Waals surface area contributed by atoms with Gasteiger partial charge in [-0.05, 0) is 30.2 Å². The zero-order chi connectivity index (χ0) is 13.3. The Hall–Kier alpha value is -1.91. The lowest BCUT2D eigenvalue weighted by atomic mass is 10.1. The van der Waals surface area contributed by atoms with E-state index in [9.17, 15) is 8.78 Å². The van der Waals surface area contributed by atoms with Gasteiger partial charge in [-0.25, -0.2) is 13.5 Å². The Kier molecular flexibility index (Phi) is 3.32. The van der Waals surface area contributed by atoms with Crippen molar-refractivity contribution in [3.8, 4) is 5.69 Å². The van der Waals surface area contributed by atoms with Crippen molar-refractivity contribution < 1.29 is 8.78 Å². The van der Waals surface area contributed by atoms with Crippen LogP contribution in [0, 0.1) is 0 Å². The Balaban J connectivity index is 2.49. The maximum absolute atomic E-state index is 13.0. The average molecular weight is 251 g/mol. The molecule has 0 spiro atoms. The predicted molar refractivity (Wildman–Crippen MR) is 67.0 cm³/mol. The summed E-state index contributed by atoms with van der Waals surface area (Å²) < 4.78 is 27.4. The Morgan fingerprint density at radius 3 is 2.50 bits per heavy atom. The molecule has 5 heteroatoms. The van der Waals surface area contributed by atoms with Crippen LogP contribution in [0.15, 0.2) is 30.5 Å². The molecule has 1 aromatic heterocycles. The highest BCUT2D eigenvalue weighted by molar-refractivity contribution is 5.51. The number of anilines is 1. The van der Waals surface area contributed by atoms with E-state index >= 15 is 0 Å². The van der Waals surface area contributed by atoms with Crippen molar-refractivity contribution in [1.29, 1.82) is 0 Å². The molecule has 0 saturated heterocycles. The number of hydrogen-bond donors (Lipinski definition) is 1. The van der Waals surface area contributed by atoms with Gasteiger partial charge in [0, 0.05) is 17.4 Å². The maximum Gasteiger partial charge on any atom is 0.266 e. The van der Waals surface area contributed by atoms with Crippen LogP contribution in [0.3, 0.4) is 0 Å². The second-order valence-electron chi connectivity index (χ2n) is 4.46. The first-order valence-electron chi connectivity index (χ1n) is 5.72. The first-order valence-corrected chi connectivity index (χ1v) is 5.72. The summed E-state index contributed by atoms with van der Waals surface area (Å²) in [6, 6.07) is 6.28. The molecule has 3 nitrogen and oxygen atoms in total. The highest BCUT2D eigenvalue weighted by Crippen LogP contribution is 2.28. The average Bonchev–Trinajstić information content (AvgIpc) is 2.78. The van der Waals surface area contributed by atoms with E-state index in [1.807, 2.05) is 19.9 Å². The van der Waals surface area contributed by atoms with Gasteiger partial charge >= 0.3 is 0 Å². The van der Waals surface area contributed by atoms with Crippen LogP contribution >= 0.6 is 0 Å². The molecule has 0 aliphatic carbocycles. The van der Waals surface area contributed by atoms with E-state index in [2.05, 4.69) is 5.10 Å². The van der Waals surface area contributed by atoms with E-state index in [0.717, 1.165) is 5.69 Å². The number of halogens is 2. The van der Waals surface area contributed by atoms with Crippen molar-refractivity contribution in [2.24, 2.45) is 0 Å². The molecular formula is C13H15F2N3. The van der Waals surface area contributed by atoms with Crippen molar-refractivity contribution in [3.05, 3.63) is 41.7 Å². The van der Waals surface area contributed by atoms with Gasteiger partial charge < -0.3 is 5.73 Å². The molecule has 0 fully saturated rings. The Morgan fingerprint density at radius 1 is 1.22 bits per heavy atom. The molecule has 96 valence electrons. The van der Waals surface area contributed by atoms with E-state index in [1.54, 1.807) is 18.3 Å². The number of nitrogens with two attached hydrogens (primary N) is 1.